The molecule has 0 spiro atoms. The van der Waals surface area contributed by atoms with Crippen LogP contribution in [-0.4, -0.2) is 42.5 Å². The Morgan fingerprint density at radius 2 is 1.70 bits per heavy atom. The Labute approximate surface area is 161 Å². The number of carbonyl (C=O) groups is 1. The maximum absolute atomic E-state index is 11.2. The Bertz CT molecular complexity index is 761. The minimum atomic E-state index is -4.76. The Hall–Kier alpha value is -1.89. The van der Waals surface area contributed by atoms with E-state index in [1.165, 1.54) is 62.7 Å². The second-order valence-corrected chi connectivity index (χ2v) is 9.87. The summed E-state index contributed by atoms with van der Waals surface area (Å²) in [4.78, 5) is 10.7. The predicted molar refractivity (Wildman–Crippen MR) is 104 cm³/mol. The van der Waals surface area contributed by atoms with Crippen LogP contribution >= 0.6 is 0 Å². The molecule has 7 nitrogen and oxygen atoms in total. The van der Waals surface area contributed by atoms with Crippen molar-refractivity contribution in [1.82, 2.24) is 5.32 Å². The molecule has 1 heterocycles. The standard InChI is InChI=1S/C11H15N.C8H10AsNO5/c1-2-4-10(5-3-1)11-6-8-12-9-7-11;1-6(11)10-8-4-2-7(3-5-8)9(12,13)15-14/h1-5,11-12H,6-9H2;2-5,14H,1H3,(H,10,11)(H,12,13). The molecule has 0 bridgehead atoms. The molecule has 27 heavy (non-hydrogen) atoms. The molecule has 1 aliphatic heterocycles. The fraction of sp³-hybridized carbons (Fsp3) is 0.316. The quantitative estimate of drug-likeness (QED) is 0.331. The van der Waals surface area contributed by atoms with Crippen molar-refractivity contribution in [3.8, 4) is 0 Å². The molecule has 0 aromatic heterocycles. The minimum Gasteiger partial charge on any atom is -0.317 e. The van der Waals surface area contributed by atoms with Gasteiger partial charge in [-0.05, 0) is 37.4 Å². The van der Waals surface area contributed by atoms with Gasteiger partial charge in [0.1, 0.15) is 0 Å². The van der Waals surface area contributed by atoms with Gasteiger partial charge >= 0.3 is 88.4 Å². The van der Waals surface area contributed by atoms with Crippen molar-refractivity contribution in [1.29, 1.82) is 0 Å². The first-order valence-corrected chi connectivity index (χ1v) is 12.0. The average molecular weight is 436 g/mol. The van der Waals surface area contributed by atoms with Gasteiger partial charge in [-0.3, -0.25) is 0 Å². The van der Waals surface area contributed by atoms with Crippen LogP contribution in [0.5, 0.6) is 0 Å². The largest absolute Gasteiger partial charge is 0.317 e. The van der Waals surface area contributed by atoms with Crippen molar-refractivity contribution in [3.63, 3.8) is 0 Å². The number of benzene rings is 2. The first-order chi connectivity index (χ1) is 12.9. The summed E-state index contributed by atoms with van der Waals surface area (Å²) in [5.74, 6) is 0.561. The molecule has 1 aliphatic rings. The molecule has 1 atom stereocenters. The van der Waals surface area contributed by atoms with Gasteiger partial charge in [0.15, 0.2) is 0 Å². The van der Waals surface area contributed by atoms with Gasteiger partial charge in [-0.2, -0.15) is 0 Å². The van der Waals surface area contributed by atoms with Gasteiger partial charge in [0.25, 0.3) is 0 Å². The number of nitrogens with one attached hydrogen (secondary N) is 2. The van der Waals surface area contributed by atoms with Crippen molar-refractivity contribution >= 4 is 30.1 Å². The second kappa shape index (κ2) is 10.4. The zero-order chi connectivity index (χ0) is 19.7. The molecule has 1 unspecified atom stereocenters. The van der Waals surface area contributed by atoms with E-state index in [0.29, 0.717) is 5.69 Å². The number of anilines is 1. The third-order valence-corrected chi connectivity index (χ3v) is 6.69. The second-order valence-electron chi connectivity index (χ2n) is 6.27. The molecule has 0 radical (unpaired) electrons. The zero-order valence-electron chi connectivity index (χ0n) is 15.2. The molecule has 2 aromatic rings. The van der Waals surface area contributed by atoms with Gasteiger partial charge in [-0.15, -0.1) is 0 Å². The molecule has 1 saturated heterocycles. The van der Waals surface area contributed by atoms with Gasteiger partial charge in [-0.1, -0.05) is 30.3 Å². The number of hydrogen-bond acceptors (Lipinski definition) is 5. The number of rotatable bonds is 4. The molecule has 3 rings (SSSR count). The van der Waals surface area contributed by atoms with Crippen LogP contribution < -0.4 is 15.0 Å². The molecule has 8 heteroatoms. The van der Waals surface area contributed by atoms with Crippen LogP contribution in [-0.2, 0) is 12.4 Å². The van der Waals surface area contributed by atoms with E-state index in [9.17, 15) is 8.53 Å². The van der Waals surface area contributed by atoms with E-state index in [0.717, 1.165) is 5.92 Å². The van der Waals surface area contributed by atoms with Gasteiger partial charge < -0.3 is 5.32 Å². The molecule has 1 amide bonds. The third kappa shape index (κ3) is 6.97. The molecule has 1 fully saturated rings. The normalized spacial score (nSPS) is 16.6. The first-order valence-electron chi connectivity index (χ1n) is 8.72. The van der Waals surface area contributed by atoms with Crippen molar-refractivity contribution in [2.75, 3.05) is 18.4 Å². The summed E-state index contributed by atoms with van der Waals surface area (Å²) in [5.41, 5.74) is 2.01. The van der Waals surface area contributed by atoms with Crippen molar-refractivity contribution in [3.05, 3.63) is 60.2 Å². The van der Waals surface area contributed by atoms with Crippen molar-refractivity contribution in [2.45, 2.75) is 25.7 Å². The SMILES string of the molecule is CC(=O)Nc1ccc([As](=O)(O)OO)cc1.c1ccc(C2CCNCC2)cc1. The maximum atomic E-state index is 11.2. The Morgan fingerprint density at radius 3 is 2.22 bits per heavy atom. The summed E-state index contributed by atoms with van der Waals surface area (Å²) in [6.45, 7) is 3.71. The van der Waals surface area contributed by atoms with Crippen LogP contribution in [0.25, 0.3) is 0 Å². The van der Waals surface area contributed by atoms with E-state index in [4.69, 9.17) is 9.35 Å². The summed E-state index contributed by atoms with van der Waals surface area (Å²) in [5, 5.41) is 14.1. The number of amides is 1. The van der Waals surface area contributed by atoms with Crippen LogP contribution in [0.1, 0.15) is 31.2 Å². The van der Waals surface area contributed by atoms with Crippen LogP contribution in [0.3, 0.4) is 0 Å². The van der Waals surface area contributed by atoms with Crippen LogP contribution in [0.4, 0.5) is 5.69 Å². The zero-order valence-corrected chi connectivity index (χ0v) is 17.0. The summed E-state index contributed by atoms with van der Waals surface area (Å²) < 4.78 is 23.8. The number of piperidine rings is 1. The summed E-state index contributed by atoms with van der Waals surface area (Å²) in [7, 11) is 0. The molecule has 4 N–H and O–H groups in total. The van der Waals surface area contributed by atoms with E-state index < -0.39 is 14.2 Å². The number of hydrogen-bond donors (Lipinski definition) is 4. The summed E-state index contributed by atoms with van der Waals surface area (Å²) in [6.07, 6.45) is 2.59. The van der Waals surface area contributed by atoms with Crippen molar-refractivity contribution in [2.24, 2.45) is 0 Å². The molecule has 0 aliphatic carbocycles. The van der Waals surface area contributed by atoms with Gasteiger partial charge in [0, 0.05) is 0 Å². The van der Waals surface area contributed by atoms with Gasteiger partial charge in [0.05, 0.1) is 0 Å². The summed E-state index contributed by atoms with van der Waals surface area (Å²) >= 11 is -4.76. The average Bonchev–Trinajstić information content (AvgIpc) is 2.70. The van der Waals surface area contributed by atoms with E-state index in [2.05, 4.69) is 44.8 Å². The molecule has 0 saturated carbocycles. The predicted octanol–water partition coefficient (Wildman–Crippen LogP) is 1.86. The molecule has 146 valence electrons. The van der Waals surface area contributed by atoms with Crippen LogP contribution in [0.2, 0.25) is 0 Å². The van der Waals surface area contributed by atoms with E-state index in [1.54, 1.807) is 0 Å². The Kier molecular flexibility index (Phi) is 8.28. The van der Waals surface area contributed by atoms with E-state index >= 15 is 0 Å². The molecule has 2 aromatic carbocycles. The van der Waals surface area contributed by atoms with Crippen LogP contribution in [0, 0.1) is 0 Å². The monoisotopic (exact) mass is 436 g/mol. The minimum absolute atomic E-state index is 0.00438. The summed E-state index contributed by atoms with van der Waals surface area (Å²) in [6, 6.07) is 16.4. The van der Waals surface area contributed by atoms with Crippen LogP contribution in [0.15, 0.2) is 54.6 Å². The first kappa shape index (κ1) is 21.4. The fourth-order valence-corrected chi connectivity index (χ4v) is 4.17. The fourth-order valence-electron chi connectivity index (χ4n) is 2.86. The van der Waals surface area contributed by atoms with Crippen molar-refractivity contribution < 1.29 is 21.8 Å². The third-order valence-electron chi connectivity index (χ3n) is 4.23. The molecular weight excluding hydrogens is 411 g/mol. The Morgan fingerprint density at radius 1 is 1.11 bits per heavy atom. The van der Waals surface area contributed by atoms with Gasteiger partial charge in [0.2, 0.25) is 0 Å². The van der Waals surface area contributed by atoms with E-state index in [1.807, 2.05) is 0 Å². The maximum Gasteiger partial charge on any atom is -0.00431 e. The van der Waals surface area contributed by atoms with E-state index in [-0.39, 0.29) is 10.3 Å². The molecular formula is C19H25AsN2O5. The smallest absolute Gasteiger partial charge is 0.00431 e. The number of carbonyl (C=O) groups excluding carboxylic acids is 1. The van der Waals surface area contributed by atoms with Gasteiger partial charge in [-0.25, -0.2) is 0 Å². The Balaban J connectivity index is 0.000000198. The topological polar surface area (TPSA) is 108 Å².